The molecule has 2 aromatic rings. The van der Waals surface area contributed by atoms with Crippen LogP contribution in [0.25, 0.3) is 0 Å². The Labute approximate surface area is 148 Å². The average Bonchev–Trinajstić information content (AvgIpc) is 2.90. The Morgan fingerprint density at radius 2 is 1.88 bits per heavy atom. The van der Waals surface area contributed by atoms with Gasteiger partial charge in [0.05, 0.1) is 16.5 Å². The minimum atomic E-state index is -4.85. The van der Waals surface area contributed by atoms with Gasteiger partial charge in [0.25, 0.3) is 0 Å². The van der Waals surface area contributed by atoms with Crippen molar-refractivity contribution < 1.29 is 26.3 Å². The second kappa shape index (κ2) is 6.32. The SMILES string of the molecule is CC1(F)Cc2c(Oc3cccc(C#N)c3)ccc(S(=O)(=O)C(F)F)c2C1. The third-order valence-electron chi connectivity index (χ3n) is 4.17. The molecule has 0 saturated heterocycles. The Bertz CT molecular complexity index is 1010. The lowest BCUT2D eigenvalue weighted by Gasteiger charge is -2.14. The van der Waals surface area contributed by atoms with Crippen LogP contribution in [0, 0.1) is 11.3 Å². The first-order valence-electron chi connectivity index (χ1n) is 7.68. The van der Waals surface area contributed by atoms with Gasteiger partial charge in [0.15, 0.2) is 0 Å². The second-order valence-electron chi connectivity index (χ2n) is 6.33. The number of halogens is 3. The highest BCUT2D eigenvalue weighted by Crippen LogP contribution is 2.43. The molecule has 3 rings (SSSR count). The summed E-state index contributed by atoms with van der Waals surface area (Å²) in [6.45, 7) is 1.28. The van der Waals surface area contributed by atoms with E-state index in [2.05, 4.69) is 0 Å². The lowest BCUT2D eigenvalue weighted by Crippen LogP contribution is -2.18. The molecule has 0 heterocycles. The predicted octanol–water partition coefficient (Wildman–Crippen LogP) is 4.17. The fourth-order valence-electron chi connectivity index (χ4n) is 3.05. The molecule has 1 aliphatic carbocycles. The normalized spacial score (nSPS) is 19.2. The van der Waals surface area contributed by atoms with Gasteiger partial charge in [-0.15, -0.1) is 0 Å². The molecule has 0 N–H and O–H groups in total. The van der Waals surface area contributed by atoms with Gasteiger partial charge in [-0.2, -0.15) is 14.0 Å². The van der Waals surface area contributed by atoms with Crippen LogP contribution >= 0.6 is 0 Å². The van der Waals surface area contributed by atoms with Crippen molar-refractivity contribution in [3.05, 3.63) is 53.1 Å². The van der Waals surface area contributed by atoms with E-state index in [0.29, 0.717) is 11.3 Å². The summed E-state index contributed by atoms with van der Waals surface area (Å²) < 4.78 is 69.9. The maximum absolute atomic E-state index is 14.5. The van der Waals surface area contributed by atoms with Crippen LogP contribution in [-0.2, 0) is 22.7 Å². The van der Waals surface area contributed by atoms with Crippen LogP contribution in [0.1, 0.15) is 23.6 Å². The Morgan fingerprint density at radius 3 is 2.54 bits per heavy atom. The molecule has 0 spiro atoms. The summed E-state index contributed by atoms with van der Waals surface area (Å²) in [4.78, 5) is -0.568. The minimum absolute atomic E-state index is 0.0178. The zero-order chi connectivity index (χ0) is 19.1. The topological polar surface area (TPSA) is 67.2 Å². The van der Waals surface area contributed by atoms with E-state index >= 15 is 0 Å². The lowest BCUT2D eigenvalue weighted by atomic mass is 10.1. The Balaban J connectivity index is 2.10. The van der Waals surface area contributed by atoms with Crippen LogP contribution in [0.3, 0.4) is 0 Å². The van der Waals surface area contributed by atoms with Crippen molar-refractivity contribution in [2.24, 2.45) is 0 Å². The van der Waals surface area contributed by atoms with E-state index in [1.165, 1.54) is 19.1 Å². The number of benzene rings is 2. The highest BCUT2D eigenvalue weighted by atomic mass is 32.2. The molecule has 0 saturated carbocycles. The molecule has 0 amide bonds. The fraction of sp³-hybridized carbons (Fsp3) is 0.278. The van der Waals surface area contributed by atoms with Gasteiger partial charge in [-0.3, -0.25) is 0 Å². The molecule has 8 heteroatoms. The molecule has 2 aromatic carbocycles. The van der Waals surface area contributed by atoms with E-state index in [-0.39, 0.29) is 29.7 Å². The van der Waals surface area contributed by atoms with Gasteiger partial charge in [0.1, 0.15) is 17.2 Å². The van der Waals surface area contributed by atoms with Crippen LogP contribution in [0.4, 0.5) is 13.2 Å². The molecule has 0 radical (unpaired) electrons. The first-order chi connectivity index (χ1) is 12.1. The number of sulfone groups is 1. The van der Waals surface area contributed by atoms with Crippen LogP contribution < -0.4 is 4.74 Å². The van der Waals surface area contributed by atoms with E-state index in [0.717, 1.165) is 6.07 Å². The van der Waals surface area contributed by atoms with Gasteiger partial charge in [-0.05, 0) is 42.8 Å². The van der Waals surface area contributed by atoms with Gasteiger partial charge in [-0.1, -0.05) is 6.07 Å². The Morgan fingerprint density at radius 1 is 1.19 bits per heavy atom. The molecular weight excluding hydrogens is 367 g/mol. The van der Waals surface area contributed by atoms with Gasteiger partial charge in [0, 0.05) is 18.4 Å². The van der Waals surface area contributed by atoms with E-state index < -0.39 is 26.2 Å². The van der Waals surface area contributed by atoms with Crippen LogP contribution in [0.2, 0.25) is 0 Å². The molecule has 1 aliphatic rings. The van der Waals surface area contributed by atoms with Crippen molar-refractivity contribution in [3.8, 4) is 17.6 Å². The van der Waals surface area contributed by atoms with Gasteiger partial charge >= 0.3 is 5.76 Å². The smallest absolute Gasteiger partial charge is 0.341 e. The first-order valence-corrected chi connectivity index (χ1v) is 9.22. The number of nitrogens with zero attached hydrogens (tertiary/aromatic N) is 1. The molecule has 1 unspecified atom stereocenters. The zero-order valence-electron chi connectivity index (χ0n) is 13.7. The highest BCUT2D eigenvalue weighted by molar-refractivity contribution is 7.91. The summed E-state index contributed by atoms with van der Waals surface area (Å²) in [7, 11) is -4.85. The lowest BCUT2D eigenvalue weighted by molar-refractivity contribution is 0.204. The molecule has 0 aliphatic heterocycles. The monoisotopic (exact) mass is 381 g/mol. The van der Waals surface area contributed by atoms with E-state index in [4.69, 9.17) is 10.00 Å². The van der Waals surface area contributed by atoms with Gasteiger partial charge in [0.2, 0.25) is 9.84 Å². The van der Waals surface area contributed by atoms with Gasteiger partial charge in [-0.25, -0.2) is 12.8 Å². The summed E-state index contributed by atoms with van der Waals surface area (Å²) in [5.74, 6) is -3.09. The molecule has 1 atom stereocenters. The second-order valence-corrected chi connectivity index (χ2v) is 8.22. The quantitative estimate of drug-likeness (QED) is 0.797. The Hall–Kier alpha value is -2.53. The van der Waals surface area contributed by atoms with Crippen LogP contribution in [0.5, 0.6) is 11.5 Å². The average molecular weight is 381 g/mol. The van der Waals surface area contributed by atoms with Crippen molar-refractivity contribution in [2.45, 2.75) is 36.1 Å². The molecule has 0 fully saturated rings. The first kappa shape index (κ1) is 18.3. The molecule has 4 nitrogen and oxygen atoms in total. The van der Waals surface area contributed by atoms with E-state index in [1.807, 2.05) is 6.07 Å². The summed E-state index contributed by atoms with van der Waals surface area (Å²) in [5.41, 5.74) is -1.14. The molecule has 136 valence electrons. The summed E-state index contributed by atoms with van der Waals surface area (Å²) >= 11 is 0. The molecule has 0 aromatic heterocycles. The van der Waals surface area contributed by atoms with Crippen LogP contribution in [-0.4, -0.2) is 19.8 Å². The largest absolute Gasteiger partial charge is 0.457 e. The Kier molecular flexibility index (Phi) is 4.44. The number of hydrogen-bond acceptors (Lipinski definition) is 4. The number of rotatable bonds is 4. The van der Waals surface area contributed by atoms with Gasteiger partial charge < -0.3 is 4.74 Å². The summed E-state index contributed by atoms with van der Waals surface area (Å²) in [5, 5.41) is 8.94. The van der Waals surface area contributed by atoms with Crippen molar-refractivity contribution in [1.29, 1.82) is 5.26 Å². The number of ether oxygens (including phenoxy) is 1. The van der Waals surface area contributed by atoms with Crippen molar-refractivity contribution in [1.82, 2.24) is 0 Å². The van der Waals surface area contributed by atoms with Crippen molar-refractivity contribution in [2.75, 3.05) is 0 Å². The molecule has 0 bridgehead atoms. The number of nitriles is 1. The number of hydrogen-bond donors (Lipinski definition) is 0. The molecule has 26 heavy (non-hydrogen) atoms. The standard InChI is InChI=1S/C18H14F3NO3S/c1-18(21)8-13-14(9-18)16(26(23,24)17(19)20)6-5-15(13)25-12-4-2-3-11(7-12)10-22/h2-7,17H,8-9H2,1H3. The maximum atomic E-state index is 14.5. The fourth-order valence-corrected chi connectivity index (χ4v) is 4.04. The van der Waals surface area contributed by atoms with Crippen LogP contribution in [0.15, 0.2) is 41.3 Å². The van der Waals surface area contributed by atoms with E-state index in [1.54, 1.807) is 18.2 Å². The third-order valence-corrected chi connectivity index (χ3v) is 5.63. The number of alkyl halides is 3. The minimum Gasteiger partial charge on any atom is -0.457 e. The summed E-state index contributed by atoms with van der Waals surface area (Å²) in [6.07, 6.45) is -0.443. The van der Waals surface area contributed by atoms with Crippen molar-refractivity contribution >= 4 is 9.84 Å². The zero-order valence-corrected chi connectivity index (χ0v) is 14.5. The third kappa shape index (κ3) is 3.27. The van der Waals surface area contributed by atoms with E-state index in [9.17, 15) is 21.6 Å². The molecular formula is C18H14F3NO3S. The van der Waals surface area contributed by atoms with Crippen molar-refractivity contribution in [3.63, 3.8) is 0 Å². The number of fused-ring (bicyclic) bond motifs is 1. The maximum Gasteiger partial charge on any atom is 0.341 e. The summed E-state index contributed by atoms with van der Waals surface area (Å²) in [6, 6.07) is 10.5. The highest BCUT2D eigenvalue weighted by Gasteiger charge is 2.40. The predicted molar refractivity (Wildman–Crippen MR) is 87.8 cm³/mol.